The molecular weight excluding hydrogens is 528 g/mol. The average Bonchev–Trinajstić information content (AvgIpc) is 2.38. The van der Waals surface area contributed by atoms with Crippen molar-refractivity contribution in [2.45, 2.75) is 21.3 Å². The first kappa shape index (κ1) is 24.3. The Morgan fingerprint density at radius 1 is 0.957 bits per heavy atom. The van der Waals surface area contributed by atoms with E-state index in [1.165, 1.54) is 12.1 Å². The summed E-state index contributed by atoms with van der Waals surface area (Å²) >= 11 is 4.03. The van der Waals surface area contributed by atoms with E-state index in [1.807, 2.05) is 45.2 Å². The van der Waals surface area contributed by atoms with Gasteiger partial charge in [-0.3, -0.25) is 4.79 Å². The second kappa shape index (κ2) is 11.5. The molecule has 0 aliphatic heterocycles. The SMILES string of the molecule is C.C.NC(=O)Cc1ccc(I)cc1F.Nc1ccc(I)cc1F. The van der Waals surface area contributed by atoms with Gasteiger partial charge in [-0.05, 0) is 81.1 Å². The minimum Gasteiger partial charge on any atom is -0.396 e. The lowest BCUT2D eigenvalue weighted by Gasteiger charge is -1.99. The molecule has 0 saturated carbocycles. The van der Waals surface area contributed by atoms with Crippen LogP contribution in [0.15, 0.2) is 36.4 Å². The number of anilines is 1. The van der Waals surface area contributed by atoms with Gasteiger partial charge in [0.05, 0.1) is 12.1 Å². The van der Waals surface area contributed by atoms with Crippen LogP contribution in [0.4, 0.5) is 14.5 Å². The van der Waals surface area contributed by atoms with Crippen LogP contribution in [0.3, 0.4) is 0 Å². The molecule has 0 spiro atoms. The van der Waals surface area contributed by atoms with Crippen molar-refractivity contribution in [3.8, 4) is 0 Å². The Labute approximate surface area is 163 Å². The van der Waals surface area contributed by atoms with Crippen LogP contribution < -0.4 is 11.5 Å². The number of benzene rings is 2. The van der Waals surface area contributed by atoms with Gasteiger partial charge < -0.3 is 11.5 Å². The monoisotopic (exact) mass is 548 g/mol. The van der Waals surface area contributed by atoms with Crippen molar-refractivity contribution in [2.24, 2.45) is 5.73 Å². The molecule has 128 valence electrons. The average molecular weight is 548 g/mol. The van der Waals surface area contributed by atoms with E-state index in [1.54, 1.807) is 24.3 Å². The Balaban J connectivity index is 0. The Morgan fingerprint density at radius 2 is 1.43 bits per heavy atom. The molecule has 0 atom stereocenters. The standard InChI is InChI=1S/C8H7FINO.C6H5FIN.2CH4/c9-7-4-6(10)2-1-5(7)3-8(11)12;7-5-3-4(8)1-2-6(5)9;;/h1-2,4H,3H2,(H2,11,12);1-3H,9H2;2*1H4. The molecule has 0 unspecified atom stereocenters. The van der Waals surface area contributed by atoms with E-state index in [0.29, 0.717) is 5.56 Å². The molecule has 3 nitrogen and oxygen atoms in total. The molecule has 0 saturated heterocycles. The lowest BCUT2D eigenvalue weighted by Crippen LogP contribution is -2.14. The summed E-state index contributed by atoms with van der Waals surface area (Å²) in [5, 5.41) is 0. The number of primary amides is 1. The zero-order chi connectivity index (χ0) is 16.0. The first-order valence-electron chi connectivity index (χ1n) is 5.72. The van der Waals surface area contributed by atoms with E-state index >= 15 is 0 Å². The normalized spacial score (nSPS) is 8.87. The largest absolute Gasteiger partial charge is 0.396 e. The van der Waals surface area contributed by atoms with Gasteiger partial charge in [0.1, 0.15) is 11.6 Å². The zero-order valence-electron chi connectivity index (χ0n) is 10.7. The smallest absolute Gasteiger partial charge is 0.221 e. The van der Waals surface area contributed by atoms with Gasteiger partial charge in [0.25, 0.3) is 0 Å². The maximum atomic E-state index is 13.0. The van der Waals surface area contributed by atoms with Crippen LogP contribution in [0.1, 0.15) is 20.4 Å². The third-order valence-corrected chi connectivity index (χ3v) is 3.68. The molecule has 0 aliphatic rings. The highest BCUT2D eigenvalue weighted by Gasteiger charge is 2.04. The number of amides is 1. The molecule has 2 aromatic carbocycles. The van der Waals surface area contributed by atoms with E-state index in [0.717, 1.165) is 7.14 Å². The quantitative estimate of drug-likeness (QED) is 0.421. The zero-order valence-corrected chi connectivity index (χ0v) is 15.1. The Hall–Kier alpha value is -0.970. The highest BCUT2D eigenvalue weighted by atomic mass is 127. The summed E-state index contributed by atoms with van der Waals surface area (Å²) < 4.78 is 27.1. The van der Waals surface area contributed by atoms with Crippen molar-refractivity contribution in [1.82, 2.24) is 0 Å². The minimum absolute atomic E-state index is 0. The van der Waals surface area contributed by atoms with Crippen LogP contribution in [0.5, 0.6) is 0 Å². The van der Waals surface area contributed by atoms with E-state index in [9.17, 15) is 13.6 Å². The molecule has 2 rings (SSSR count). The van der Waals surface area contributed by atoms with E-state index in [2.05, 4.69) is 0 Å². The van der Waals surface area contributed by atoms with Crippen molar-refractivity contribution in [1.29, 1.82) is 0 Å². The summed E-state index contributed by atoms with van der Waals surface area (Å²) in [6.45, 7) is 0. The summed E-state index contributed by atoms with van der Waals surface area (Å²) in [6, 6.07) is 9.40. The van der Waals surface area contributed by atoms with Gasteiger partial charge in [-0.25, -0.2) is 8.78 Å². The van der Waals surface area contributed by atoms with E-state index < -0.39 is 5.91 Å². The Kier molecular flexibility index (Phi) is 12.2. The number of carbonyl (C=O) groups excluding carboxylic acids is 1. The number of rotatable bonds is 2. The molecule has 0 bridgehead atoms. The van der Waals surface area contributed by atoms with E-state index in [4.69, 9.17) is 11.5 Å². The lowest BCUT2D eigenvalue weighted by atomic mass is 10.1. The van der Waals surface area contributed by atoms with Gasteiger partial charge in [0.15, 0.2) is 0 Å². The second-order valence-electron chi connectivity index (χ2n) is 4.04. The number of hydrogen-bond acceptors (Lipinski definition) is 2. The molecule has 7 heteroatoms. The fraction of sp³-hybridized carbons (Fsp3) is 0.188. The summed E-state index contributed by atoms with van der Waals surface area (Å²) in [4.78, 5) is 10.5. The van der Waals surface area contributed by atoms with Gasteiger partial charge in [-0.15, -0.1) is 0 Å². The first-order valence-corrected chi connectivity index (χ1v) is 7.88. The molecule has 1 amide bonds. The first-order chi connectivity index (χ1) is 9.79. The summed E-state index contributed by atoms with van der Waals surface area (Å²) in [6.07, 6.45) is -0.0389. The third-order valence-electron chi connectivity index (χ3n) is 2.34. The summed E-state index contributed by atoms with van der Waals surface area (Å²) in [7, 11) is 0. The van der Waals surface area contributed by atoms with Crippen molar-refractivity contribution in [2.75, 3.05) is 5.73 Å². The number of nitrogen functional groups attached to an aromatic ring is 1. The van der Waals surface area contributed by atoms with E-state index in [-0.39, 0.29) is 38.6 Å². The van der Waals surface area contributed by atoms with Crippen molar-refractivity contribution in [3.63, 3.8) is 0 Å². The van der Waals surface area contributed by atoms with Crippen molar-refractivity contribution in [3.05, 3.63) is 60.7 Å². The molecule has 0 aromatic heterocycles. The van der Waals surface area contributed by atoms with Gasteiger partial charge in [-0.2, -0.15) is 0 Å². The summed E-state index contributed by atoms with van der Waals surface area (Å²) in [5.74, 6) is -1.24. The van der Waals surface area contributed by atoms with Crippen LogP contribution >= 0.6 is 45.2 Å². The fourth-order valence-corrected chi connectivity index (χ4v) is 2.26. The molecule has 0 heterocycles. The van der Waals surface area contributed by atoms with Crippen LogP contribution in [0.2, 0.25) is 0 Å². The second-order valence-corrected chi connectivity index (χ2v) is 6.54. The van der Waals surface area contributed by atoms with Crippen LogP contribution in [-0.4, -0.2) is 5.91 Å². The molecule has 4 N–H and O–H groups in total. The minimum atomic E-state index is -0.518. The molecule has 0 aliphatic carbocycles. The maximum absolute atomic E-state index is 13.0. The maximum Gasteiger partial charge on any atom is 0.221 e. The topological polar surface area (TPSA) is 69.1 Å². The lowest BCUT2D eigenvalue weighted by molar-refractivity contribution is -0.117. The highest BCUT2D eigenvalue weighted by Crippen LogP contribution is 2.13. The van der Waals surface area contributed by atoms with Crippen molar-refractivity contribution >= 4 is 56.8 Å². The van der Waals surface area contributed by atoms with Crippen LogP contribution in [0, 0.1) is 18.8 Å². The predicted molar refractivity (Wildman–Crippen MR) is 109 cm³/mol. The fourth-order valence-electron chi connectivity index (χ4n) is 1.35. The van der Waals surface area contributed by atoms with Gasteiger partial charge in [0.2, 0.25) is 5.91 Å². The molecule has 0 radical (unpaired) electrons. The van der Waals surface area contributed by atoms with Gasteiger partial charge in [0, 0.05) is 7.14 Å². The number of halogens is 4. The van der Waals surface area contributed by atoms with Gasteiger partial charge in [-0.1, -0.05) is 20.9 Å². The number of hydrogen-bond donors (Lipinski definition) is 2. The Morgan fingerprint density at radius 3 is 1.83 bits per heavy atom. The molecular formula is C16H20F2I2N2O. The molecule has 23 heavy (non-hydrogen) atoms. The van der Waals surface area contributed by atoms with Crippen molar-refractivity contribution < 1.29 is 13.6 Å². The highest BCUT2D eigenvalue weighted by molar-refractivity contribution is 14.1. The number of carbonyl (C=O) groups is 1. The molecule has 0 fully saturated rings. The molecule has 2 aromatic rings. The Bertz CT molecular complexity index is 652. The van der Waals surface area contributed by atoms with Gasteiger partial charge >= 0.3 is 0 Å². The predicted octanol–water partition coefficient (Wildman–Crippen LogP) is 4.74. The van der Waals surface area contributed by atoms with Crippen LogP contribution in [0.25, 0.3) is 0 Å². The summed E-state index contributed by atoms with van der Waals surface area (Å²) in [5.41, 5.74) is 10.7. The number of nitrogens with two attached hydrogens (primary N) is 2. The third kappa shape index (κ3) is 9.04. The van der Waals surface area contributed by atoms with Crippen LogP contribution in [-0.2, 0) is 11.2 Å².